The van der Waals surface area contributed by atoms with Crippen molar-refractivity contribution >= 4 is 5.78 Å². The van der Waals surface area contributed by atoms with E-state index in [0.717, 1.165) is 11.6 Å². The van der Waals surface area contributed by atoms with E-state index in [-0.39, 0.29) is 11.1 Å². The lowest BCUT2D eigenvalue weighted by Gasteiger charge is -2.07. The molecule has 20 heavy (non-hydrogen) atoms. The van der Waals surface area contributed by atoms with Crippen LogP contribution in [-0.2, 0) is 6.42 Å². The van der Waals surface area contributed by atoms with Crippen molar-refractivity contribution in [1.29, 1.82) is 0 Å². The second-order valence-corrected chi connectivity index (χ2v) is 4.62. The lowest BCUT2D eigenvalue weighted by molar-refractivity contribution is 0.103. The van der Waals surface area contributed by atoms with Crippen LogP contribution >= 0.6 is 0 Å². The first-order chi connectivity index (χ1) is 9.54. The van der Waals surface area contributed by atoms with Crippen LogP contribution in [0.25, 0.3) is 0 Å². The van der Waals surface area contributed by atoms with Gasteiger partial charge in [0.15, 0.2) is 5.78 Å². The van der Waals surface area contributed by atoms with Crippen molar-refractivity contribution in [2.24, 2.45) is 5.73 Å². The van der Waals surface area contributed by atoms with Crippen LogP contribution in [0.1, 0.15) is 27.0 Å². The molecule has 0 saturated heterocycles. The van der Waals surface area contributed by atoms with E-state index in [1.165, 1.54) is 13.0 Å². The molecule has 2 N–H and O–H groups in total. The monoisotopic (exact) mass is 275 g/mol. The van der Waals surface area contributed by atoms with Gasteiger partial charge in [-0.2, -0.15) is 0 Å². The Morgan fingerprint density at radius 3 is 2.35 bits per heavy atom. The quantitative estimate of drug-likeness (QED) is 0.872. The summed E-state index contributed by atoms with van der Waals surface area (Å²) in [4.78, 5) is 12.2. The van der Waals surface area contributed by atoms with Crippen LogP contribution in [0.15, 0.2) is 36.4 Å². The lowest BCUT2D eigenvalue weighted by Crippen LogP contribution is -2.09. The predicted octanol–water partition coefficient (Wildman–Crippen LogP) is 3.01. The van der Waals surface area contributed by atoms with E-state index < -0.39 is 23.0 Å². The zero-order valence-electron chi connectivity index (χ0n) is 11.1. The number of hydrogen-bond acceptors (Lipinski definition) is 2. The lowest BCUT2D eigenvalue weighted by atomic mass is 9.99. The molecular weight excluding hydrogens is 260 g/mol. The van der Waals surface area contributed by atoms with Gasteiger partial charge in [-0.05, 0) is 37.1 Å². The molecule has 0 saturated carbocycles. The summed E-state index contributed by atoms with van der Waals surface area (Å²) in [6.45, 7) is 2.00. The molecule has 0 aliphatic carbocycles. The Balaban J connectivity index is 2.39. The molecule has 0 amide bonds. The maximum atomic E-state index is 13.9. The van der Waals surface area contributed by atoms with E-state index in [1.807, 2.05) is 0 Å². The van der Waals surface area contributed by atoms with Crippen LogP contribution < -0.4 is 5.73 Å². The summed E-state index contributed by atoms with van der Waals surface area (Å²) < 4.78 is 27.6. The molecule has 0 aliphatic heterocycles. The molecule has 104 valence electrons. The van der Waals surface area contributed by atoms with Crippen molar-refractivity contribution < 1.29 is 13.6 Å². The maximum Gasteiger partial charge on any atom is 0.198 e. The Morgan fingerprint density at radius 1 is 1.10 bits per heavy atom. The number of nitrogens with two attached hydrogens (primary N) is 1. The highest BCUT2D eigenvalue weighted by atomic mass is 19.1. The topological polar surface area (TPSA) is 43.1 Å². The van der Waals surface area contributed by atoms with Gasteiger partial charge in [-0.15, -0.1) is 0 Å². The van der Waals surface area contributed by atoms with Gasteiger partial charge in [-0.25, -0.2) is 8.78 Å². The number of carbonyl (C=O) groups excluding carboxylic acids is 1. The fourth-order valence-corrected chi connectivity index (χ4v) is 2.00. The van der Waals surface area contributed by atoms with Gasteiger partial charge in [-0.1, -0.05) is 30.3 Å². The number of hydrogen-bond donors (Lipinski definition) is 1. The van der Waals surface area contributed by atoms with Crippen LogP contribution in [0.2, 0.25) is 0 Å². The first-order valence-electron chi connectivity index (χ1n) is 6.33. The first kappa shape index (κ1) is 14.3. The Labute approximate surface area is 116 Å². The summed E-state index contributed by atoms with van der Waals surface area (Å²) >= 11 is 0. The van der Waals surface area contributed by atoms with E-state index >= 15 is 0 Å². The molecule has 0 heterocycles. The smallest absolute Gasteiger partial charge is 0.198 e. The SMILES string of the molecule is Cc1ccc(F)c(C(=O)c2ccc(CCN)cc2)c1F. The number of benzene rings is 2. The zero-order valence-corrected chi connectivity index (χ0v) is 11.1. The van der Waals surface area contributed by atoms with Crippen molar-refractivity contribution in [3.05, 3.63) is 70.3 Å². The molecule has 2 aromatic rings. The van der Waals surface area contributed by atoms with Crippen molar-refractivity contribution in [1.82, 2.24) is 0 Å². The Hall–Kier alpha value is -2.07. The maximum absolute atomic E-state index is 13.9. The molecule has 0 spiro atoms. The molecule has 0 fully saturated rings. The van der Waals surface area contributed by atoms with Crippen LogP contribution in [0, 0.1) is 18.6 Å². The molecule has 2 nitrogen and oxygen atoms in total. The van der Waals surface area contributed by atoms with Crippen molar-refractivity contribution in [2.75, 3.05) is 6.54 Å². The highest BCUT2D eigenvalue weighted by molar-refractivity contribution is 6.09. The Kier molecular flexibility index (Phi) is 4.25. The summed E-state index contributed by atoms with van der Waals surface area (Å²) in [5.74, 6) is -2.30. The van der Waals surface area contributed by atoms with E-state index in [0.29, 0.717) is 13.0 Å². The third kappa shape index (κ3) is 2.75. The number of rotatable bonds is 4. The van der Waals surface area contributed by atoms with Gasteiger partial charge in [-0.3, -0.25) is 4.79 Å². The van der Waals surface area contributed by atoms with E-state index in [1.54, 1.807) is 24.3 Å². The van der Waals surface area contributed by atoms with E-state index in [9.17, 15) is 13.6 Å². The highest BCUT2D eigenvalue weighted by Gasteiger charge is 2.20. The van der Waals surface area contributed by atoms with Crippen LogP contribution in [0.3, 0.4) is 0 Å². The zero-order chi connectivity index (χ0) is 14.7. The van der Waals surface area contributed by atoms with Crippen LogP contribution in [-0.4, -0.2) is 12.3 Å². The summed E-state index contributed by atoms with van der Waals surface area (Å²) in [6, 6.07) is 9.03. The molecule has 0 atom stereocenters. The molecule has 2 aromatic carbocycles. The third-order valence-electron chi connectivity index (χ3n) is 3.16. The number of aryl methyl sites for hydroxylation is 1. The van der Waals surface area contributed by atoms with Gasteiger partial charge in [0.2, 0.25) is 0 Å². The molecule has 0 aliphatic rings. The van der Waals surface area contributed by atoms with Gasteiger partial charge >= 0.3 is 0 Å². The third-order valence-corrected chi connectivity index (χ3v) is 3.16. The van der Waals surface area contributed by atoms with E-state index in [2.05, 4.69) is 0 Å². The van der Waals surface area contributed by atoms with Gasteiger partial charge in [0.25, 0.3) is 0 Å². The second kappa shape index (κ2) is 5.92. The summed E-state index contributed by atoms with van der Waals surface area (Å²) in [6.07, 6.45) is 0.696. The van der Waals surface area contributed by atoms with E-state index in [4.69, 9.17) is 5.73 Å². The first-order valence-corrected chi connectivity index (χ1v) is 6.33. The number of ketones is 1. The highest BCUT2D eigenvalue weighted by Crippen LogP contribution is 2.20. The minimum atomic E-state index is -0.843. The second-order valence-electron chi connectivity index (χ2n) is 4.62. The van der Waals surface area contributed by atoms with Crippen LogP contribution in [0.5, 0.6) is 0 Å². The van der Waals surface area contributed by atoms with Crippen molar-refractivity contribution in [3.8, 4) is 0 Å². The summed E-state index contributed by atoms with van der Waals surface area (Å²) in [7, 11) is 0. The Bertz CT molecular complexity index is 636. The normalized spacial score (nSPS) is 10.6. The molecule has 0 radical (unpaired) electrons. The van der Waals surface area contributed by atoms with Gasteiger partial charge in [0.05, 0.1) is 5.56 Å². The van der Waals surface area contributed by atoms with Gasteiger partial charge < -0.3 is 5.73 Å². The molecule has 0 unspecified atom stereocenters. The predicted molar refractivity (Wildman–Crippen MR) is 73.7 cm³/mol. The molecule has 4 heteroatoms. The summed E-state index contributed by atoms with van der Waals surface area (Å²) in [5.41, 5.74) is 6.42. The Morgan fingerprint density at radius 2 is 1.75 bits per heavy atom. The summed E-state index contributed by atoms with van der Waals surface area (Å²) in [5, 5.41) is 0. The molecule has 0 aromatic heterocycles. The largest absolute Gasteiger partial charge is 0.330 e. The van der Waals surface area contributed by atoms with Crippen molar-refractivity contribution in [3.63, 3.8) is 0 Å². The minimum absolute atomic E-state index is 0.245. The fourth-order valence-electron chi connectivity index (χ4n) is 2.00. The standard InChI is InChI=1S/C16H15F2NO/c1-10-2-7-13(17)14(15(10)18)16(20)12-5-3-11(4-6-12)8-9-19/h2-7H,8-9,19H2,1H3. The average molecular weight is 275 g/mol. The van der Waals surface area contributed by atoms with Gasteiger partial charge in [0.1, 0.15) is 11.6 Å². The average Bonchev–Trinajstić information content (AvgIpc) is 2.44. The minimum Gasteiger partial charge on any atom is -0.330 e. The number of carbonyl (C=O) groups is 1. The fraction of sp³-hybridized carbons (Fsp3) is 0.188. The molecule has 0 bridgehead atoms. The number of halogens is 2. The molecular formula is C16H15F2NO. The molecule has 2 rings (SSSR count). The van der Waals surface area contributed by atoms with Gasteiger partial charge in [0, 0.05) is 5.56 Å². The van der Waals surface area contributed by atoms with Crippen molar-refractivity contribution in [2.45, 2.75) is 13.3 Å². The van der Waals surface area contributed by atoms with Crippen LogP contribution in [0.4, 0.5) is 8.78 Å².